The van der Waals surface area contributed by atoms with Crippen LogP contribution < -0.4 is 10.1 Å². The monoisotopic (exact) mass is 618 g/mol. The van der Waals surface area contributed by atoms with Crippen molar-refractivity contribution in [2.45, 2.75) is 13.0 Å². The maximum Gasteiger partial charge on any atom is 0.243 e. The molecule has 0 unspecified atom stereocenters. The zero-order chi connectivity index (χ0) is 31.1. The van der Waals surface area contributed by atoms with E-state index in [-0.39, 0.29) is 52.7 Å². The summed E-state index contributed by atoms with van der Waals surface area (Å²) in [5.74, 6) is -2.87. The van der Waals surface area contributed by atoms with Gasteiger partial charge < -0.3 is 15.2 Å². The van der Waals surface area contributed by atoms with Crippen molar-refractivity contribution in [3.63, 3.8) is 0 Å². The third-order valence-corrected chi connectivity index (χ3v) is 8.10. The number of benzene rings is 2. The molecular formula is C31H25F3N6O3S. The van der Waals surface area contributed by atoms with Crippen molar-refractivity contribution in [2.24, 2.45) is 7.05 Å². The van der Waals surface area contributed by atoms with Gasteiger partial charge in [-0.15, -0.1) is 11.3 Å². The van der Waals surface area contributed by atoms with Gasteiger partial charge in [-0.25, -0.2) is 18.2 Å². The van der Waals surface area contributed by atoms with Crippen LogP contribution in [0.1, 0.15) is 18.7 Å². The number of aliphatic hydroxyl groups excluding tert-OH is 1. The first-order chi connectivity index (χ1) is 21.2. The minimum Gasteiger partial charge on any atom is -0.490 e. The van der Waals surface area contributed by atoms with Gasteiger partial charge in [-0.2, -0.15) is 10.2 Å². The Balaban J connectivity index is 1.65. The van der Waals surface area contributed by atoms with Crippen LogP contribution in [0.3, 0.4) is 0 Å². The van der Waals surface area contributed by atoms with E-state index in [2.05, 4.69) is 27.2 Å². The zero-order valence-electron chi connectivity index (χ0n) is 23.5. The second-order valence-electron chi connectivity index (χ2n) is 9.98. The number of ether oxygens (including phenoxy) is 1. The number of aromatic nitrogens is 5. The first-order valence-corrected chi connectivity index (χ1v) is 14.3. The minimum absolute atomic E-state index is 0.0953. The smallest absolute Gasteiger partial charge is 0.243 e. The van der Waals surface area contributed by atoms with Gasteiger partial charge in [0.25, 0.3) is 0 Å². The van der Waals surface area contributed by atoms with Gasteiger partial charge in [0.05, 0.1) is 41.3 Å². The largest absolute Gasteiger partial charge is 0.490 e. The standard InChI is InChI=1S/C31H25F3N6O3S/c1-4-26(42)36-15(2)22-13-23(39-38-22)30-28(27-21(34)10-17(32)11-25(27)43-7-6-41)31-18(5-8-44-31)29(37-30)19-9-16-14-35-40(3)24(16)12-20(19)33/h4-5,8-15,41H,1,6-7H2,2-3H3,(H,36,42)(H,38,39)/t15-/m1/s1. The quantitative estimate of drug-likeness (QED) is 0.170. The third kappa shape index (κ3) is 5.09. The fourth-order valence-corrected chi connectivity index (χ4v) is 6.04. The summed E-state index contributed by atoms with van der Waals surface area (Å²) < 4.78 is 53.6. The first kappa shape index (κ1) is 29.1. The minimum atomic E-state index is -0.922. The number of fused-ring (bicyclic) bond motifs is 2. The Labute approximate surface area is 252 Å². The molecule has 0 radical (unpaired) electrons. The van der Waals surface area contributed by atoms with E-state index in [4.69, 9.17) is 9.72 Å². The zero-order valence-corrected chi connectivity index (χ0v) is 24.3. The highest BCUT2D eigenvalue weighted by Crippen LogP contribution is 2.47. The third-order valence-electron chi connectivity index (χ3n) is 7.17. The van der Waals surface area contributed by atoms with Crippen LogP contribution in [0.15, 0.2) is 60.6 Å². The van der Waals surface area contributed by atoms with Crippen LogP contribution in [0, 0.1) is 17.5 Å². The van der Waals surface area contributed by atoms with Crippen molar-refractivity contribution in [3.8, 4) is 39.5 Å². The SMILES string of the molecule is C=CC(=O)N[C@H](C)c1cc(-c2nc(-c3cc4cnn(C)c4cc3F)c3ccsc3c2-c2c(F)cc(F)cc2OCCO)n[nH]1. The number of aryl methyl sites for hydroxylation is 1. The molecule has 3 N–H and O–H groups in total. The first-order valence-electron chi connectivity index (χ1n) is 13.4. The highest BCUT2D eigenvalue weighted by atomic mass is 32.1. The maximum atomic E-state index is 15.8. The van der Waals surface area contributed by atoms with Crippen molar-refractivity contribution in [2.75, 3.05) is 13.2 Å². The van der Waals surface area contributed by atoms with Crippen LogP contribution in [-0.4, -0.2) is 49.2 Å². The van der Waals surface area contributed by atoms with E-state index in [0.717, 1.165) is 18.2 Å². The molecule has 0 aliphatic heterocycles. The fraction of sp³-hybridized carbons (Fsp3) is 0.161. The Bertz CT molecular complexity index is 2070. The van der Waals surface area contributed by atoms with Gasteiger partial charge in [0.1, 0.15) is 41.2 Å². The molecule has 0 saturated carbocycles. The Morgan fingerprint density at radius 2 is 2.00 bits per heavy atom. The molecule has 0 fully saturated rings. The average molecular weight is 619 g/mol. The number of pyridine rings is 1. The summed E-state index contributed by atoms with van der Waals surface area (Å²) in [6.07, 6.45) is 2.76. The van der Waals surface area contributed by atoms with E-state index >= 15 is 8.78 Å². The Morgan fingerprint density at radius 3 is 2.77 bits per heavy atom. The van der Waals surface area contributed by atoms with Crippen molar-refractivity contribution < 1.29 is 27.8 Å². The molecule has 2 aromatic carbocycles. The molecule has 6 aromatic rings. The molecule has 13 heteroatoms. The number of hydrogen-bond donors (Lipinski definition) is 3. The second-order valence-corrected chi connectivity index (χ2v) is 10.9. The average Bonchev–Trinajstić information content (AvgIpc) is 3.76. The molecule has 44 heavy (non-hydrogen) atoms. The lowest BCUT2D eigenvalue weighted by molar-refractivity contribution is -0.117. The molecule has 0 spiro atoms. The summed E-state index contributed by atoms with van der Waals surface area (Å²) >= 11 is 1.26. The van der Waals surface area contributed by atoms with Gasteiger partial charge in [0.15, 0.2) is 0 Å². The number of nitrogens with zero attached hydrogens (tertiary/aromatic N) is 4. The normalized spacial score (nSPS) is 12.1. The molecule has 224 valence electrons. The Hall–Kier alpha value is -5.01. The number of carbonyl (C=O) groups excluding carboxylic acids is 1. The van der Waals surface area contributed by atoms with E-state index in [1.165, 1.54) is 17.4 Å². The predicted octanol–water partition coefficient (Wildman–Crippen LogP) is 6.06. The number of halogens is 3. The highest BCUT2D eigenvalue weighted by Gasteiger charge is 2.27. The van der Waals surface area contributed by atoms with E-state index in [1.54, 1.807) is 48.4 Å². The summed E-state index contributed by atoms with van der Waals surface area (Å²) in [6, 6.07) is 7.67. The van der Waals surface area contributed by atoms with E-state index < -0.39 is 29.4 Å². The van der Waals surface area contributed by atoms with E-state index in [0.29, 0.717) is 26.7 Å². The molecule has 0 saturated heterocycles. The molecule has 0 bridgehead atoms. The van der Waals surface area contributed by atoms with Gasteiger partial charge in [0.2, 0.25) is 5.91 Å². The second kappa shape index (κ2) is 11.6. The topological polar surface area (TPSA) is 118 Å². The van der Waals surface area contributed by atoms with Crippen LogP contribution in [0.25, 0.3) is 54.8 Å². The number of thiophene rings is 1. The summed E-state index contributed by atoms with van der Waals surface area (Å²) in [5, 5.41) is 26.6. The lowest BCUT2D eigenvalue weighted by Crippen LogP contribution is -2.24. The Kier molecular flexibility index (Phi) is 7.66. The van der Waals surface area contributed by atoms with Crippen LogP contribution in [0.2, 0.25) is 0 Å². The van der Waals surface area contributed by atoms with E-state index in [1.807, 2.05) is 0 Å². The molecule has 4 heterocycles. The summed E-state index contributed by atoms with van der Waals surface area (Å²) in [7, 11) is 1.71. The van der Waals surface area contributed by atoms with Gasteiger partial charge >= 0.3 is 0 Å². The molecule has 9 nitrogen and oxygen atoms in total. The number of aromatic amines is 1. The number of hydrogen-bond acceptors (Lipinski definition) is 7. The molecule has 0 aliphatic carbocycles. The maximum absolute atomic E-state index is 15.8. The number of aliphatic hydroxyl groups is 1. The number of nitrogens with one attached hydrogen (secondary N) is 2. The summed E-state index contributed by atoms with van der Waals surface area (Å²) in [6.45, 7) is 4.60. The van der Waals surface area contributed by atoms with Crippen LogP contribution in [0.4, 0.5) is 13.2 Å². The Morgan fingerprint density at radius 1 is 1.18 bits per heavy atom. The van der Waals surface area contributed by atoms with Gasteiger partial charge in [0, 0.05) is 51.8 Å². The number of carbonyl (C=O) groups is 1. The molecular weight excluding hydrogens is 593 g/mol. The highest BCUT2D eigenvalue weighted by molar-refractivity contribution is 7.18. The molecule has 0 aliphatic rings. The molecule has 1 atom stereocenters. The number of rotatable bonds is 9. The molecule has 1 amide bonds. The number of H-pyrrole nitrogens is 1. The predicted molar refractivity (Wildman–Crippen MR) is 162 cm³/mol. The fourth-order valence-electron chi connectivity index (χ4n) is 5.09. The van der Waals surface area contributed by atoms with Crippen LogP contribution >= 0.6 is 11.3 Å². The van der Waals surface area contributed by atoms with Gasteiger partial charge in [-0.1, -0.05) is 6.58 Å². The van der Waals surface area contributed by atoms with Crippen molar-refractivity contribution in [1.29, 1.82) is 0 Å². The molecule has 4 aromatic heterocycles. The lowest BCUT2D eigenvalue weighted by Gasteiger charge is -2.17. The van der Waals surface area contributed by atoms with Crippen LogP contribution in [0.5, 0.6) is 5.75 Å². The van der Waals surface area contributed by atoms with Crippen LogP contribution in [-0.2, 0) is 11.8 Å². The molecule has 6 rings (SSSR count). The van der Waals surface area contributed by atoms with Crippen molar-refractivity contribution in [1.82, 2.24) is 30.3 Å². The lowest BCUT2D eigenvalue weighted by atomic mass is 9.96. The number of amides is 1. The van der Waals surface area contributed by atoms with Gasteiger partial charge in [-0.05, 0) is 36.6 Å². The summed E-state index contributed by atoms with van der Waals surface area (Å²) in [5.41, 5.74) is 2.14. The summed E-state index contributed by atoms with van der Waals surface area (Å²) in [4.78, 5) is 16.8. The van der Waals surface area contributed by atoms with Gasteiger partial charge in [-0.3, -0.25) is 14.6 Å². The van der Waals surface area contributed by atoms with Crippen molar-refractivity contribution in [3.05, 3.63) is 83.8 Å². The van der Waals surface area contributed by atoms with Crippen molar-refractivity contribution >= 4 is 38.2 Å². The van der Waals surface area contributed by atoms with E-state index in [9.17, 15) is 14.3 Å².